The third-order valence-electron chi connectivity index (χ3n) is 5.39. The van der Waals surface area contributed by atoms with Crippen LogP contribution >= 0.6 is 0 Å². The summed E-state index contributed by atoms with van der Waals surface area (Å²) in [6, 6.07) is 18.4. The molecule has 1 amide bonds. The van der Waals surface area contributed by atoms with Crippen molar-refractivity contribution in [1.82, 2.24) is 16.0 Å². The van der Waals surface area contributed by atoms with E-state index >= 15 is 0 Å². The highest BCUT2D eigenvalue weighted by Crippen LogP contribution is 2.43. The van der Waals surface area contributed by atoms with Crippen molar-refractivity contribution in [3.8, 4) is 0 Å². The molecule has 3 rings (SSSR count). The first-order valence-corrected chi connectivity index (χ1v) is 9.48. The van der Waals surface area contributed by atoms with Gasteiger partial charge in [0.25, 0.3) is 5.91 Å². The predicted molar refractivity (Wildman–Crippen MR) is 110 cm³/mol. The molecule has 0 aliphatic heterocycles. The van der Waals surface area contributed by atoms with E-state index in [2.05, 4.69) is 51.3 Å². The molecule has 1 fully saturated rings. The number of rotatable bonds is 6. The summed E-state index contributed by atoms with van der Waals surface area (Å²) in [6.45, 7) is 1.48. The minimum absolute atomic E-state index is 0.0749. The molecule has 3 N–H and O–H groups in total. The number of hydrogen-bond donors (Lipinski definition) is 3. The van der Waals surface area contributed by atoms with Crippen LogP contribution in [0, 0.1) is 0 Å². The molecule has 5 nitrogen and oxygen atoms in total. The fourth-order valence-electron chi connectivity index (χ4n) is 3.59. The molecule has 1 aliphatic rings. The number of nitrogens with zero attached hydrogens (tertiary/aromatic N) is 1. The normalized spacial score (nSPS) is 15.6. The van der Waals surface area contributed by atoms with Crippen LogP contribution in [0.25, 0.3) is 0 Å². The van der Waals surface area contributed by atoms with E-state index in [9.17, 15) is 4.79 Å². The Kier molecular flexibility index (Phi) is 6.12. The van der Waals surface area contributed by atoms with Gasteiger partial charge in [-0.2, -0.15) is 0 Å². The van der Waals surface area contributed by atoms with Crippen LogP contribution in [0.1, 0.15) is 40.7 Å². The zero-order valence-electron chi connectivity index (χ0n) is 16.1. The van der Waals surface area contributed by atoms with Crippen LogP contribution in [0.3, 0.4) is 0 Å². The fourth-order valence-corrected chi connectivity index (χ4v) is 3.59. The molecule has 0 bridgehead atoms. The summed E-state index contributed by atoms with van der Waals surface area (Å²) in [7, 11) is 3.42. The topological polar surface area (TPSA) is 65.5 Å². The van der Waals surface area contributed by atoms with E-state index in [1.807, 2.05) is 24.3 Å². The number of guanidine groups is 1. The molecule has 5 heteroatoms. The maximum absolute atomic E-state index is 11.8. The molecule has 0 unspecified atom stereocenters. The Morgan fingerprint density at radius 3 is 2.48 bits per heavy atom. The van der Waals surface area contributed by atoms with Gasteiger partial charge in [-0.25, -0.2) is 0 Å². The number of amides is 1. The van der Waals surface area contributed by atoms with E-state index in [4.69, 9.17) is 0 Å². The van der Waals surface area contributed by atoms with Crippen LogP contribution in [-0.2, 0) is 12.0 Å². The van der Waals surface area contributed by atoms with Gasteiger partial charge in [0, 0.05) is 38.2 Å². The molecule has 0 saturated heterocycles. The van der Waals surface area contributed by atoms with E-state index in [1.54, 1.807) is 14.1 Å². The van der Waals surface area contributed by atoms with E-state index in [0.717, 1.165) is 18.1 Å². The highest BCUT2D eigenvalue weighted by atomic mass is 16.1. The number of aliphatic imine (C=N–C) groups is 1. The monoisotopic (exact) mass is 364 g/mol. The average molecular weight is 364 g/mol. The molecule has 1 aliphatic carbocycles. The molecule has 1 saturated carbocycles. The standard InChI is InChI=1S/C22H28N4O/c1-23-20(27)18-9-6-8-17(14-18)15-25-21(24-2)26-16-22(12-7-13-22)19-10-4-3-5-11-19/h3-6,8-11,14H,7,12-13,15-16H2,1-2H3,(H,23,27)(H2,24,25,26). The largest absolute Gasteiger partial charge is 0.356 e. The van der Waals surface area contributed by atoms with Gasteiger partial charge in [-0.05, 0) is 36.1 Å². The lowest BCUT2D eigenvalue weighted by atomic mass is 9.64. The van der Waals surface area contributed by atoms with Gasteiger partial charge in [-0.15, -0.1) is 0 Å². The Balaban J connectivity index is 1.58. The Hall–Kier alpha value is -2.82. The third-order valence-corrected chi connectivity index (χ3v) is 5.39. The first-order chi connectivity index (χ1) is 13.2. The van der Waals surface area contributed by atoms with Crippen LogP contribution < -0.4 is 16.0 Å². The van der Waals surface area contributed by atoms with Gasteiger partial charge < -0.3 is 16.0 Å². The molecule has 2 aromatic carbocycles. The third kappa shape index (κ3) is 4.48. The predicted octanol–water partition coefficient (Wildman–Crippen LogP) is 2.83. The van der Waals surface area contributed by atoms with E-state index in [0.29, 0.717) is 12.1 Å². The quantitative estimate of drug-likeness (QED) is 0.545. The first-order valence-electron chi connectivity index (χ1n) is 9.48. The summed E-state index contributed by atoms with van der Waals surface area (Å²) in [5.41, 5.74) is 3.31. The van der Waals surface area contributed by atoms with Crippen LogP contribution in [0.2, 0.25) is 0 Å². The summed E-state index contributed by atoms with van der Waals surface area (Å²) >= 11 is 0. The molecule has 0 radical (unpaired) electrons. The zero-order chi connectivity index (χ0) is 19.1. The highest BCUT2D eigenvalue weighted by molar-refractivity contribution is 5.94. The molecule has 0 spiro atoms. The number of carbonyl (C=O) groups excluding carboxylic acids is 1. The van der Waals surface area contributed by atoms with Gasteiger partial charge in [0.2, 0.25) is 0 Å². The van der Waals surface area contributed by atoms with E-state index < -0.39 is 0 Å². The van der Waals surface area contributed by atoms with Crippen molar-refractivity contribution in [3.63, 3.8) is 0 Å². The fraction of sp³-hybridized carbons (Fsp3) is 0.364. The van der Waals surface area contributed by atoms with Crippen molar-refractivity contribution in [2.75, 3.05) is 20.6 Å². The lowest BCUT2D eigenvalue weighted by molar-refractivity contribution is 0.0963. The van der Waals surface area contributed by atoms with Crippen molar-refractivity contribution in [1.29, 1.82) is 0 Å². The van der Waals surface area contributed by atoms with Gasteiger partial charge in [0.15, 0.2) is 5.96 Å². The molecule has 27 heavy (non-hydrogen) atoms. The number of nitrogens with one attached hydrogen (secondary N) is 3. The van der Waals surface area contributed by atoms with Crippen LogP contribution in [0.5, 0.6) is 0 Å². The Morgan fingerprint density at radius 2 is 1.85 bits per heavy atom. The van der Waals surface area contributed by atoms with Crippen LogP contribution in [0.4, 0.5) is 0 Å². The van der Waals surface area contributed by atoms with Crippen molar-refractivity contribution >= 4 is 11.9 Å². The molecule has 142 valence electrons. The van der Waals surface area contributed by atoms with Crippen LogP contribution in [0.15, 0.2) is 59.6 Å². The van der Waals surface area contributed by atoms with Crippen molar-refractivity contribution in [2.24, 2.45) is 4.99 Å². The minimum atomic E-state index is -0.0749. The lowest BCUT2D eigenvalue weighted by Gasteiger charge is -2.43. The highest BCUT2D eigenvalue weighted by Gasteiger charge is 2.38. The number of benzene rings is 2. The average Bonchev–Trinajstić information content (AvgIpc) is 2.69. The maximum atomic E-state index is 11.8. The molecule has 0 aromatic heterocycles. The lowest BCUT2D eigenvalue weighted by Crippen LogP contribution is -2.48. The summed E-state index contributed by atoms with van der Waals surface area (Å²) in [5, 5.41) is 9.49. The number of carbonyl (C=O) groups is 1. The van der Waals surface area contributed by atoms with Gasteiger partial charge in [-0.3, -0.25) is 9.79 Å². The Bertz CT molecular complexity index is 797. The summed E-state index contributed by atoms with van der Waals surface area (Å²) in [6.07, 6.45) is 3.68. The zero-order valence-corrected chi connectivity index (χ0v) is 16.1. The molecule has 2 aromatic rings. The van der Waals surface area contributed by atoms with Gasteiger partial charge in [-0.1, -0.05) is 48.9 Å². The SMILES string of the molecule is CN=C(NCc1cccc(C(=O)NC)c1)NCC1(c2ccccc2)CCC1. The number of hydrogen-bond acceptors (Lipinski definition) is 2. The van der Waals surface area contributed by atoms with Crippen molar-refractivity contribution < 1.29 is 4.79 Å². The minimum Gasteiger partial charge on any atom is -0.356 e. The van der Waals surface area contributed by atoms with Crippen molar-refractivity contribution in [2.45, 2.75) is 31.2 Å². The second-order valence-corrected chi connectivity index (χ2v) is 7.06. The van der Waals surface area contributed by atoms with E-state index in [1.165, 1.54) is 24.8 Å². The summed E-state index contributed by atoms with van der Waals surface area (Å²) in [5.74, 6) is 0.705. The van der Waals surface area contributed by atoms with E-state index in [-0.39, 0.29) is 11.3 Å². The van der Waals surface area contributed by atoms with Crippen LogP contribution in [-0.4, -0.2) is 32.5 Å². The maximum Gasteiger partial charge on any atom is 0.251 e. The second-order valence-electron chi connectivity index (χ2n) is 7.06. The molecular formula is C22H28N4O. The smallest absolute Gasteiger partial charge is 0.251 e. The Labute approximate surface area is 161 Å². The second kappa shape index (κ2) is 8.71. The van der Waals surface area contributed by atoms with Gasteiger partial charge in [0.1, 0.15) is 0 Å². The summed E-state index contributed by atoms with van der Waals surface area (Å²) < 4.78 is 0. The first kappa shape index (κ1) is 19.0. The van der Waals surface area contributed by atoms with Crippen molar-refractivity contribution in [3.05, 3.63) is 71.3 Å². The van der Waals surface area contributed by atoms with Gasteiger partial charge >= 0.3 is 0 Å². The molecular weight excluding hydrogens is 336 g/mol. The summed E-state index contributed by atoms with van der Waals surface area (Å²) in [4.78, 5) is 16.1. The Morgan fingerprint density at radius 1 is 1.07 bits per heavy atom. The molecule has 0 atom stereocenters. The van der Waals surface area contributed by atoms with Gasteiger partial charge in [0.05, 0.1) is 0 Å². The molecule has 0 heterocycles.